The van der Waals surface area contributed by atoms with Crippen LogP contribution in [0.15, 0.2) is 18.2 Å². The van der Waals surface area contributed by atoms with E-state index in [0.29, 0.717) is 17.0 Å². The summed E-state index contributed by atoms with van der Waals surface area (Å²) >= 11 is 0. The van der Waals surface area contributed by atoms with Crippen molar-refractivity contribution in [1.29, 1.82) is 0 Å². The number of hydrogen-bond acceptors (Lipinski definition) is 4. The van der Waals surface area contributed by atoms with Gasteiger partial charge in [-0.05, 0) is 13.0 Å². The van der Waals surface area contributed by atoms with E-state index in [4.69, 9.17) is 10.5 Å². The third-order valence-electron chi connectivity index (χ3n) is 2.02. The Morgan fingerprint density at radius 1 is 1.43 bits per heavy atom. The molecule has 1 unspecified atom stereocenters. The van der Waals surface area contributed by atoms with E-state index in [2.05, 4.69) is 0 Å². The quantitative estimate of drug-likeness (QED) is 0.582. The molecule has 0 saturated carbocycles. The van der Waals surface area contributed by atoms with Crippen molar-refractivity contribution in [3.05, 3.63) is 23.8 Å². The zero-order valence-electron chi connectivity index (χ0n) is 8.06. The highest BCUT2D eigenvalue weighted by molar-refractivity contribution is 7.72. The van der Waals surface area contributed by atoms with Crippen LogP contribution in [0.25, 0.3) is 0 Å². The number of nitrogens with two attached hydrogens (primary N) is 1. The van der Waals surface area contributed by atoms with E-state index in [1.807, 2.05) is 0 Å². The Balaban J connectivity index is 3.20. The average Bonchev–Trinajstić information content (AvgIpc) is 2.16. The Hall–Kier alpha value is -1.23. The zero-order chi connectivity index (χ0) is 10.7. The number of nitrogen functional groups attached to an aromatic ring is 1. The number of benzene rings is 1. The Morgan fingerprint density at radius 3 is 2.57 bits per heavy atom. The highest BCUT2D eigenvalue weighted by Gasteiger charge is 2.13. The summed E-state index contributed by atoms with van der Waals surface area (Å²) in [7, 11) is -1.00. The van der Waals surface area contributed by atoms with Crippen LogP contribution in [0.3, 0.4) is 0 Å². The number of hydrogen-bond donors (Lipinski definition) is 2. The fraction of sp³-hybridized carbons (Fsp3) is 0.333. The van der Waals surface area contributed by atoms with Crippen LogP contribution >= 0.6 is 0 Å². The maximum Gasteiger partial charge on any atom is 0.147 e. The molecule has 1 aromatic rings. The van der Waals surface area contributed by atoms with Crippen LogP contribution in [0.5, 0.6) is 5.75 Å². The number of rotatable bonds is 3. The molecule has 0 aliphatic rings. The molecule has 0 radical (unpaired) electrons. The minimum absolute atomic E-state index is 0.511. The summed E-state index contributed by atoms with van der Waals surface area (Å²) in [5, 5.41) is -0.555. The molecule has 1 rings (SSSR count). The van der Waals surface area contributed by atoms with E-state index in [1.54, 1.807) is 25.1 Å². The summed E-state index contributed by atoms with van der Waals surface area (Å²) in [5.74, 6) is 0.511. The van der Waals surface area contributed by atoms with E-state index >= 15 is 0 Å². The summed E-state index contributed by atoms with van der Waals surface area (Å²) in [4.78, 5) is 0. The lowest BCUT2D eigenvalue weighted by molar-refractivity contribution is 0.409. The van der Waals surface area contributed by atoms with Gasteiger partial charge in [0.15, 0.2) is 0 Å². The first-order valence-corrected chi connectivity index (χ1v) is 5.38. The van der Waals surface area contributed by atoms with Gasteiger partial charge in [-0.3, -0.25) is 0 Å². The first kappa shape index (κ1) is 10.8. The minimum Gasteiger partial charge on any atom is -0.496 e. The largest absolute Gasteiger partial charge is 0.496 e. The number of anilines is 1. The van der Waals surface area contributed by atoms with E-state index in [9.17, 15) is 8.42 Å². The molecule has 78 valence electrons. The predicted octanol–water partition coefficient (Wildman–Crippen LogP) is 0.950. The van der Waals surface area contributed by atoms with E-state index < -0.39 is 16.0 Å². The molecule has 4 nitrogen and oxygen atoms in total. The van der Waals surface area contributed by atoms with Crippen LogP contribution in [-0.2, 0) is 10.7 Å². The molecular weight excluding hydrogens is 202 g/mol. The van der Waals surface area contributed by atoms with Crippen LogP contribution in [0, 0.1) is 0 Å². The van der Waals surface area contributed by atoms with Crippen molar-refractivity contribution < 1.29 is 13.2 Å². The lowest BCUT2D eigenvalue weighted by Gasteiger charge is -2.11. The zero-order valence-corrected chi connectivity index (χ0v) is 8.95. The SMILES string of the molecule is COc1cc(N)ccc1C(C)[SH](=O)=O. The fourth-order valence-electron chi connectivity index (χ4n) is 1.19. The molecule has 0 aliphatic heterocycles. The summed E-state index contributed by atoms with van der Waals surface area (Å²) in [6, 6.07) is 4.95. The molecule has 0 spiro atoms. The van der Waals surface area contributed by atoms with Gasteiger partial charge < -0.3 is 10.5 Å². The van der Waals surface area contributed by atoms with Crippen LogP contribution < -0.4 is 10.5 Å². The van der Waals surface area contributed by atoms with Crippen LogP contribution in [0.2, 0.25) is 0 Å². The third kappa shape index (κ3) is 2.17. The normalized spacial score (nSPS) is 12.8. The van der Waals surface area contributed by atoms with Crippen LogP contribution in [-0.4, -0.2) is 15.5 Å². The van der Waals surface area contributed by atoms with Gasteiger partial charge in [0.05, 0.1) is 12.4 Å². The van der Waals surface area contributed by atoms with Crippen molar-refractivity contribution in [1.82, 2.24) is 0 Å². The minimum atomic E-state index is -2.49. The highest BCUT2D eigenvalue weighted by Crippen LogP contribution is 2.28. The number of ether oxygens (including phenoxy) is 1. The second-order valence-corrected chi connectivity index (χ2v) is 4.31. The van der Waals surface area contributed by atoms with Gasteiger partial charge in [-0.2, -0.15) is 0 Å². The first-order chi connectivity index (χ1) is 6.56. The van der Waals surface area contributed by atoms with Crippen molar-refractivity contribution in [2.24, 2.45) is 0 Å². The molecule has 5 heteroatoms. The maximum atomic E-state index is 10.8. The van der Waals surface area contributed by atoms with Crippen LogP contribution in [0.1, 0.15) is 17.7 Å². The summed E-state index contributed by atoms with van der Waals surface area (Å²) in [5.41, 5.74) is 6.74. The predicted molar refractivity (Wildman–Crippen MR) is 56.1 cm³/mol. The Kier molecular flexibility index (Phi) is 3.35. The molecular formula is C9H13NO3S. The second-order valence-electron chi connectivity index (χ2n) is 2.96. The number of thiol groups is 1. The maximum absolute atomic E-state index is 10.8. The molecule has 0 heterocycles. The third-order valence-corrected chi connectivity index (χ3v) is 2.93. The molecule has 14 heavy (non-hydrogen) atoms. The molecule has 1 aromatic carbocycles. The summed E-state index contributed by atoms with van der Waals surface area (Å²) in [6.45, 7) is 1.61. The van der Waals surface area contributed by atoms with E-state index in [-0.39, 0.29) is 0 Å². The van der Waals surface area contributed by atoms with Crippen molar-refractivity contribution in [3.8, 4) is 5.75 Å². The van der Waals surface area contributed by atoms with Gasteiger partial charge in [-0.25, -0.2) is 8.42 Å². The fourth-order valence-corrected chi connectivity index (χ4v) is 1.63. The van der Waals surface area contributed by atoms with Crippen molar-refractivity contribution in [2.45, 2.75) is 12.2 Å². The molecule has 0 aliphatic carbocycles. The summed E-state index contributed by atoms with van der Waals surface area (Å²) < 4.78 is 26.7. The smallest absolute Gasteiger partial charge is 0.147 e. The molecule has 1 atom stereocenters. The van der Waals surface area contributed by atoms with Crippen molar-refractivity contribution >= 4 is 16.4 Å². The Morgan fingerprint density at radius 2 is 2.07 bits per heavy atom. The van der Waals surface area contributed by atoms with Crippen LogP contribution in [0.4, 0.5) is 5.69 Å². The van der Waals surface area contributed by atoms with Gasteiger partial charge in [0.1, 0.15) is 16.5 Å². The van der Waals surface area contributed by atoms with Gasteiger partial charge >= 0.3 is 0 Å². The van der Waals surface area contributed by atoms with Crippen molar-refractivity contribution in [2.75, 3.05) is 12.8 Å². The summed E-state index contributed by atoms with van der Waals surface area (Å²) in [6.07, 6.45) is 0. The van der Waals surface area contributed by atoms with E-state index in [1.165, 1.54) is 7.11 Å². The molecule has 0 fully saturated rings. The Labute approximate surface area is 84.6 Å². The molecule has 2 N–H and O–H groups in total. The monoisotopic (exact) mass is 215 g/mol. The Bertz CT molecular complexity index is 393. The number of methoxy groups -OCH3 is 1. The molecule has 0 saturated heterocycles. The lowest BCUT2D eigenvalue weighted by atomic mass is 10.1. The van der Waals surface area contributed by atoms with Gasteiger partial charge in [0.2, 0.25) is 0 Å². The average molecular weight is 215 g/mol. The first-order valence-electron chi connectivity index (χ1n) is 4.13. The van der Waals surface area contributed by atoms with Gasteiger partial charge in [-0.1, -0.05) is 6.07 Å². The lowest BCUT2D eigenvalue weighted by Crippen LogP contribution is -2.00. The van der Waals surface area contributed by atoms with E-state index in [0.717, 1.165) is 0 Å². The van der Waals surface area contributed by atoms with Gasteiger partial charge in [-0.15, -0.1) is 0 Å². The standard InChI is InChI=1S/C9H13NO3S/c1-6(14(11)12)8-4-3-7(10)5-9(8)13-2/h3-6,14H,10H2,1-2H3. The molecule has 0 aromatic heterocycles. The molecule has 0 amide bonds. The van der Waals surface area contributed by atoms with Gasteiger partial charge in [0, 0.05) is 17.3 Å². The molecule has 0 bridgehead atoms. The van der Waals surface area contributed by atoms with Crippen molar-refractivity contribution in [3.63, 3.8) is 0 Å². The topological polar surface area (TPSA) is 69.4 Å². The second kappa shape index (κ2) is 4.32. The van der Waals surface area contributed by atoms with Gasteiger partial charge in [0.25, 0.3) is 0 Å². The highest BCUT2D eigenvalue weighted by atomic mass is 32.2.